The van der Waals surface area contributed by atoms with Crippen LogP contribution < -0.4 is 20.8 Å². The third-order valence-electron chi connectivity index (χ3n) is 5.53. The van der Waals surface area contributed by atoms with Crippen LogP contribution in [0.15, 0.2) is 76.9 Å². The molecule has 3 N–H and O–H groups in total. The molecule has 0 saturated carbocycles. The smallest absolute Gasteiger partial charge is 0.256 e. The number of benzene rings is 3. The fourth-order valence-electron chi connectivity index (χ4n) is 4.10. The minimum Gasteiger partial charge on any atom is -0.497 e. The first kappa shape index (κ1) is 17.8. The lowest BCUT2D eigenvalue weighted by Crippen LogP contribution is -2.27. The van der Waals surface area contributed by atoms with Crippen molar-refractivity contribution in [2.45, 2.75) is 5.92 Å². The highest BCUT2D eigenvalue weighted by Gasteiger charge is 2.34. The molecule has 1 unspecified atom stereocenters. The van der Waals surface area contributed by atoms with Crippen LogP contribution in [0.25, 0.3) is 21.7 Å². The number of methoxy groups -OCH3 is 1. The molecule has 0 bridgehead atoms. The predicted molar refractivity (Wildman–Crippen MR) is 114 cm³/mol. The first-order valence-electron chi connectivity index (χ1n) is 9.41. The Morgan fingerprint density at radius 2 is 1.83 bits per heavy atom. The molecule has 0 saturated heterocycles. The number of hydrogen-bond donors (Lipinski definition) is 2. The molecule has 0 radical (unpaired) electrons. The molecule has 0 amide bonds. The lowest BCUT2D eigenvalue weighted by molar-refractivity contribution is 0.396. The quantitative estimate of drug-likeness (QED) is 0.501. The van der Waals surface area contributed by atoms with Crippen molar-refractivity contribution in [2.24, 2.45) is 5.73 Å². The van der Waals surface area contributed by atoms with E-state index in [0.717, 1.165) is 21.7 Å². The van der Waals surface area contributed by atoms with E-state index in [9.17, 15) is 10.1 Å². The van der Waals surface area contributed by atoms with Gasteiger partial charge in [-0.2, -0.15) is 5.26 Å². The van der Waals surface area contributed by atoms with Gasteiger partial charge in [0.15, 0.2) is 0 Å². The molecular formula is C24H17N3O3. The van der Waals surface area contributed by atoms with E-state index in [4.69, 9.17) is 15.2 Å². The largest absolute Gasteiger partial charge is 0.497 e. The Balaban J connectivity index is 1.84. The lowest BCUT2D eigenvalue weighted by Gasteiger charge is -2.26. The van der Waals surface area contributed by atoms with E-state index < -0.39 is 5.92 Å². The van der Waals surface area contributed by atoms with Gasteiger partial charge in [-0.15, -0.1) is 0 Å². The second kappa shape index (κ2) is 6.68. The number of aromatic nitrogens is 1. The Bertz CT molecular complexity index is 1440. The van der Waals surface area contributed by atoms with E-state index in [1.165, 1.54) is 0 Å². The average molecular weight is 395 g/mol. The third kappa shape index (κ3) is 2.53. The molecule has 0 fully saturated rings. The number of nitrogens with one attached hydrogen (secondary N) is 1. The molecule has 5 rings (SSSR count). The summed E-state index contributed by atoms with van der Waals surface area (Å²) in [6.07, 6.45) is 0. The molecule has 1 aliphatic heterocycles. The number of nitriles is 1. The Labute approximate surface area is 171 Å². The number of fused-ring (bicyclic) bond motifs is 5. The molecule has 6 heteroatoms. The maximum atomic E-state index is 13.3. The molecule has 1 aromatic heterocycles. The summed E-state index contributed by atoms with van der Waals surface area (Å²) in [6, 6.07) is 21.0. The first-order valence-corrected chi connectivity index (χ1v) is 9.41. The number of pyridine rings is 1. The van der Waals surface area contributed by atoms with Crippen LogP contribution >= 0.6 is 0 Å². The Morgan fingerprint density at radius 3 is 2.57 bits per heavy atom. The van der Waals surface area contributed by atoms with Crippen LogP contribution in [0.1, 0.15) is 17.0 Å². The van der Waals surface area contributed by atoms with Crippen LogP contribution in [-0.2, 0) is 0 Å². The number of rotatable bonds is 2. The molecule has 146 valence electrons. The van der Waals surface area contributed by atoms with Gasteiger partial charge >= 0.3 is 0 Å². The zero-order chi connectivity index (χ0) is 20.8. The van der Waals surface area contributed by atoms with Gasteiger partial charge in [-0.3, -0.25) is 4.79 Å². The highest BCUT2D eigenvalue weighted by atomic mass is 16.5. The summed E-state index contributed by atoms with van der Waals surface area (Å²) in [5, 5.41) is 12.4. The van der Waals surface area contributed by atoms with Gasteiger partial charge in [-0.05, 0) is 29.1 Å². The molecule has 4 aromatic rings. The number of ether oxygens (including phenoxy) is 2. The highest BCUT2D eigenvalue weighted by Crippen LogP contribution is 2.44. The summed E-state index contributed by atoms with van der Waals surface area (Å²) in [5.74, 6) is 0.437. The summed E-state index contributed by atoms with van der Waals surface area (Å²) in [7, 11) is 1.58. The molecule has 1 atom stereocenters. The predicted octanol–water partition coefficient (Wildman–Crippen LogP) is 3.91. The zero-order valence-corrected chi connectivity index (χ0v) is 16.1. The van der Waals surface area contributed by atoms with Gasteiger partial charge in [0, 0.05) is 10.8 Å². The maximum Gasteiger partial charge on any atom is 0.256 e. The fourth-order valence-corrected chi connectivity index (χ4v) is 4.10. The van der Waals surface area contributed by atoms with E-state index in [1.807, 2.05) is 48.5 Å². The summed E-state index contributed by atoms with van der Waals surface area (Å²) >= 11 is 0. The molecule has 6 nitrogen and oxygen atoms in total. The first-order chi connectivity index (χ1) is 14.6. The van der Waals surface area contributed by atoms with Gasteiger partial charge in [0.05, 0.1) is 24.1 Å². The Hall–Kier alpha value is -4.24. The molecular weight excluding hydrogens is 378 g/mol. The van der Waals surface area contributed by atoms with Gasteiger partial charge < -0.3 is 20.2 Å². The van der Waals surface area contributed by atoms with Crippen LogP contribution in [0.4, 0.5) is 0 Å². The number of hydrogen-bond acceptors (Lipinski definition) is 5. The average Bonchev–Trinajstić information content (AvgIpc) is 2.78. The summed E-state index contributed by atoms with van der Waals surface area (Å²) < 4.78 is 11.1. The van der Waals surface area contributed by atoms with Crippen molar-refractivity contribution in [3.05, 3.63) is 93.6 Å². The molecule has 0 spiro atoms. The van der Waals surface area contributed by atoms with E-state index in [1.54, 1.807) is 19.2 Å². The second-order valence-corrected chi connectivity index (χ2v) is 7.10. The van der Waals surface area contributed by atoms with Gasteiger partial charge in [0.2, 0.25) is 5.88 Å². The van der Waals surface area contributed by atoms with E-state index in [2.05, 4.69) is 11.1 Å². The molecule has 30 heavy (non-hydrogen) atoms. The van der Waals surface area contributed by atoms with Crippen molar-refractivity contribution in [3.63, 3.8) is 0 Å². The number of nitrogens with two attached hydrogens (primary N) is 1. The number of allylic oxidation sites excluding steroid dienone is 1. The van der Waals surface area contributed by atoms with E-state index >= 15 is 0 Å². The van der Waals surface area contributed by atoms with Crippen molar-refractivity contribution >= 4 is 21.7 Å². The maximum absolute atomic E-state index is 13.3. The molecule has 2 heterocycles. The van der Waals surface area contributed by atoms with Crippen molar-refractivity contribution in [3.8, 4) is 17.6 Å². The SMILES string of the molecule is COc1ccc(C2C(C#N)=C(N)Oc3c2c(=O)[nH]c2c3ccc3ccccc32)cc1. The highest BCUT2D eigenvalue weighted by molar-refractivity contribution is 6.07. The fraction of sp³-hybridized carbons (Fsp3) is 0.0833. The summed E-state index contributed by atoms with van der Waals surface area (Å²) in [6.45, 7) is 0. The van der Waals surface area contributed by atoms with Gasteiger partial charge in [0.1, 0.15) is 23.1 Å². The second-order valence-electron chi connectivity index (χ2n) is 7.10. The van der Waals surface area contributed by atoms with E-state index in [0.29, 0.717) is 22.6 Å². The monoisotopic (exact) mass is 395 g/mol. The van der Waals surface area contributed by atoms with Crippen molar-refractivity contribution in [2.75, 3.05) is 7.11 Å². The van der Waals surface area contributed by atoms with Crippen LogP contribution in [0, 0.1) is 11.3 Å². The molecule has 3 aromatic carbocycles. The van der Waals surface area contributed by atoms with Gasteiger partial charge in [-0.1, -0.05) is 42.5 Å². The lowest BCUT2D eigenvalue weighted by atomic mass is 9.83. The van der Waals surface area contributed by atoms with Gasteiger partial charge in [-0.25, -0.2) is 0 Å². The van der Waals surface area contributed by atoms with Crippen molar-refractivity contribution in [1.29, 1.82) is 5.26 Å². The Kier molecular flexibility index (Phi) is 3.97. The minimum absolute atomic E-state index is 0.00544. The van der Waals surface area contributed by atoms with Crippen LogP contribution in [0.3, 0.4) is 0 Å². The van der Waals surface area contributed by atoms with Crippen molar-refractivity contribution < 1.29 is 9.47 Å². The van der Waals surface area contributed by atoms with Crippen LogP contribution in [0.5, 0.6) is 11.5 Å². The minimum atomic E-state index is -0.635. The van der Waals surface area contributed by atoms with Crippen LogP contribution in [-0.4, -0.2) is 12.1 Å². The van der Waals surface area contributed by atoms with Crippen LogP contribution in [0.2, 0.25) is 0 Å². The Morgan fingerprint density at radius 1 is 1.07 bits per heavy atom. The third-order valence-corrected chi connectivity index (χ3v) is 5.53. The van der Waals surface area contributed by atoms with E-state index in [-0.39, 0.29) is 17.0 Å². The summed E-state index contributed by atoms with van der Waals surface area (Å²) in [4.78, 5) is 16.3. The summed E-state index contributed by atoms with van der Waals surface area (Å²) in [5.41, 5.74) is 7.84. The molecule has 1 aliphatic rings. The van der Waals surface area contributed by atoms with Crippen molar-refractivity contribution in [1.82, 2.24) is 4.98 Å². The standard InChI is InChI=1S/C24H17N3O3/c1-29-15-9-6-14(7-10-15)19-18(12-25)23(26)30-22-17-11-8-13-4-2-3-5-16(13)21(17)27-24(28)20(19)22/h2-11,19H,26H2,1H3,(H,27,28). The number of aromatic amines is 1. The molecule has 0 aliphatic carbocycles. The zero-order valence-electron chi connectivity index (χ0n) is 16.1. The number of nitrogens with zero attached hydrogens (tertiary/aromatic N) is 1. The van der Waals surface area contributed by atoms with Gasteiger partial charge in [0.25, 0.3) is 5.56 Å². The normalized spacial score (nSPS) is 15.5. The topological polar surface area (TPSA) is 101 Å². The number of H-pyrrole nitrogens is 1.